The van der Waals surface area contributed by atoms with Crippen molar-refractivity contribution in [3.8, 4) is 11.8 Å². The molecule has 0 unspecified atom stereocenters. The number of hydrogen-bond donors (Lipinski definition) is 0. The monoisotopic (exact) mass is 301 g/mol. The van der Waals surface area contributed by atoms with Crippen molar-refractivity contribution in [1.29, 1.82) is 0 Å². The predicted molar refractivity (Wildman–Crippen MR) is 85.9 cm³/mol. The van der Waals surface area contributed by atoms with Crippen LogP contribution in [0, 0.1) is 11.8 Å². The summed E-state index contributed by atoms with van der Waals surface area (Å²) in [6, 6.07) is 10.2. The molecule has 0 bridgehead atoms. The number of carbonyl (C=O) groups is 2. The summed E-state index contributed by atoms with van der Waals surface area (Å²) in [5.74, 6) is 6.04. The van der Waals surface area contributed by atoms with Gasteiger partial charge in [-0.25, -0.2) is 0 Å². The van der Waals surface area contributed by atoms with Gasteiger partial charge in [0.05, 0.1) is 4.75 Å². The zero-order valence-corrected chi connectivity index (χ0v) is 13.2. The van der Waals surface area contributed by atoms with E-state index >= 15 is 0 Å². The van der Waals surface area contributed by atoms with Crippen LogP contribution in [0.4, 0.5) is 4.79 Å². The molecule has 1 aliphatic heterocycles. The van der Waals surface area contributed by atoms with E-state index in [9.17, 15) is 9.59 Å². The number of hydrogen-bond acceptors (Lipinski definition) is 3. The third-order valence-corrected chi connectivity index (χ3v) is 4.37. The lowest BCUT2D eigenvalue weighted by Crippen LogP contribution is -2.36. The van der Waals surface area contributed by atoms with Gasteiger partial charge in [0.2, 0.25) is 5.91 Å². The SMILES string of the molecule is CC1(C)SC(=O)N(CCC#CCCc2ccccc2)C1=O. The Kier molecular flexibility index (Phi) is 5.08. The predicted octanol–water partition coefficient (Wildman–Crippen LogP) is 3.49. The van der Waals surface area contributed by atoms with E-state index in [2.05, 4.69) is 24.0 Å². The molecule has 21 heavy (non-hydrogen) atoms. The van der Waals surface area contributed by atoms with Gasteiger partial charge in [0.15, 0.2) is 0 Å². The van der Waals surface area contributed by atoms with Gasteiger partial charge in [-0.15, -0.1) is 11.8 Å². The van der Waals surface area contributed by atoms with Crippen molar-refractivity contribution >= 4 is 22.9 Å². The average molecular weight is 301 g/mol. The molecular weight excluding hydrogens is 282 g/mol. The van der Waals surface area contributed by atoms with Gasteiger partial charge < -0.3 is 0 Å². The van der Waals surface area contributed by atoms with Gasteiger partial charge in [0, 0.05) is 19.4 Å². The Morgan fingerprint density at radius 2 is 1.76 bits per heavy atom. The third-order valence-electron chi connectivity index (χ3n) is 3.29. The Morgan fingerprint density at radius 1 is 1.10 bits per heavy atom. The smallest absolute Gasteiger partial charge is 0.273 e. The molecule has 0 aliphatic carbocycles. The Hall–Kier alpha value is -1.73. The quantitative estimate of drug-likeness (QED) is 0.799. The van der Waals surface area contributed by atoms with Crippen LogP contribution in [-0.2, 0) is 11.2 Å². The fraction of sp³-hybridized carbons (Fsp3) is 0.412. The summed E-state index contributed by atoms with van der Waals surface area (Å²) in [5, 5.41) is -0.156. The summed E-state index contributed by atoms with van der Waals surface area (Å²) in [6.45, 7) is 3.96. The minimum Gasteiger partial charge on any atom is -0.273 e. The summed E-state index contributed by atoms with van der Waals surface area (Å²) in [7, 11) is 0. The number of rotatable bonds is 4. The Labute approximate surface area is 130 Å². The fourth-order valence-electron chi connectivity index (χ4n) is 2.11. The van der Waals surface area contributed by atoms with Crippen molar-refractivity contribution in [2.45, 2.75) is 37.9 Å². The van der Waals surface area contributed by atoms with Crippen LogP contribution in [0.1, 0.15) is 32.3 Å². The van der Waals surface area contributed by atoms with Crippen molar-refractivity contribution in [1.82, 2.24) is 4.90 Å². The first kappa shape index (κ1) is 15.7. The zero-order chi connectivity index (χ0) is 15.3. The number of carbonyl (C=O) groups excluding carboxylic acids is 2. The van der Waals surface area contributed by atoms with Crippen LogP contribution in [0.2, 0.25) is 0 Å². The fourth-order valence-corrected chi connectivity index (χ4v) is 3.03. The lowest BCUT2D eigenvalue weighted by atomic mass is 10.1. The first-order valence-electron chi connectivity index (χ1n) is 7.05. The van der Waals surface area contributed by atoms with Crippen LogP contribution in [0.25, 0.3) is 0 Å². The van der Waals surface area contributed by atoms with E-state index in [0.29, 0.717) is 13.0 Å². The minimum absolute atomic E-state index is 0.108. The average Bonchev–Trinajstić information content (AvgIpc) is 2.65. The molecule has 0 aromatic heterocycles. The summed E-state index contributed by atoms with van der Waals surface area (Å²) in [4.78, 5) is 25.0. The topological polar surface area (TPSA) is 37.4 Å². The van der Waals surface area contributed by atoms with Crippen molar-refractivity contribution < 1.29 is 9.59 Å². The number of nitrogens with zero attached hydrogens (tertiary/aromatic N) is 1. The molecule has 0 saturated carbocycles. The highest BCUT2D eigenvalue weighted by molar-refractivity contribution is 8.16. The number of thioether (sulfide) groups is 1. The molecule has 1 aromatic rings. The molecule has 0 N–H and O–H groups in total. The van der Waals surface area contributed by atoms with Gasteiger partial charge in [0.25, 0.3) is 5.24 Å². The van der Waals surface area contributed by atoms with Crippen molar-refractivity contribution in [3.63, 3.8) is 0 Å². The standard InChI is InChI=1S/C17H19NO2S/c1-17(2)15(19)18(16(20)21-17)13-9-4-3-6-10-14-11-7-5-8-12-14/h5,7-8,11-12H,6,9-10,13H2,1-2H3. The van der Waals surface area contributed by atoms with Crippen LogP contribution < -0.4 is 0 Å². The van der Waals surface area contributed by atoms with Crippen molar-refractivity contribution in [2.24, 2.45) is 0 Å². The Morgan fingerprint density at radius 3 is 2.38 bits per heavy atom. The Balaban J connectivity index is 1.74. The highest BCUT2D eigenvalue weighted by Crippen LogP contribution is 2.36. The lowest BCUT2D eigenvalue weighted by molar-refractivity contribution is -0.128. The van der Waals surface area contributed by atoms with Crippen LogP contribution in [-0.4, -0.2) is 27.3 Å². The van der Waals surface area contributed by atoms with Gasteiger partial charge in [0.1, 0.15) is 0 Å². The van der Waals surface area contributed by atoms with Crippen LogP contribution in [0.15, 0.2) is 30.3 Å². The molecule has 1 heterocycles. The second-order valence-electron chi connectivity index (χ2n) is 5.42. The number of imide groups is 1. The molecule has 110 valence electrons. The van der Waals surface area contributed by atoms with Crippen LogP contribution in [0.3, 0.4) is 0 Å². The summed E-state index contributed by atoms with van der Waals surface area (Å²) in [5.41, 5.74) is 1.27. The molecule has 3 nitrogen and oxygen atoms in total. The molecule has 1 aromatic carbocycles. The summed E-state index contributed by atoms with van der Waals surface area (Å²) < 4.78 is -0.627. The number of benzene rings is 1. The highest BCUT2D eigenvalue weighted by atomic mass is 32.2. The molecular formula is C17H19NO2S. The van der Waals surface area contributed by atoms with E-state index in [1.807, 2.05) is 18.2 Å². The maximum absolute atomic E-state index is 12.0. The molecule has 0 radical (unpaired) electrons. The molecule has 1 saturated heterocycles. The zero-order valence-electron chi connectivity index (χ0n) is 12.4. The van der Waals surface area contributed by atoms with Gasteiger partial charge in [-0.2, -0.15) is 0 Å². The normalized spacial score (nSPS) is 16.8. The summed E-state index contributed by atoms with van der Waals surface area (Å²) >= 11 is 1.09. The molecule has 0 spiro atoms. The van der Waals surface area contributed by atoms with Gasteiger partial charge in [-0.1, -0.05) is 30.3 Å². The molecule has 0 atom stereocenters. The Bertz CT molecular complexity index is 584. The first-order valence-corrected chi connectivity index (χ1v) is 7.87. The van der Waals surface area contributed by atoms with E-state index < -0.39 is 4.75 Å². The minimum atomic E-state index is -0.627. The van der Waals surface area contributed by atoms with Gasteiger partial charge in [-0.3, -0.25) is 14.5 Å². The maximum Gasteiger partial charge on any atom is 0.289 e. The largest absolute Gasteiger partial charge is 0.289 e. The van der Waals surface area contributed by atoms with E-state index in [0.717, 1.165) is 24.6 Å². The van der Waals surface area contributed by atoms with E-state index in [4.69, 9.17) is 0 Å². The van der Waals surface area contributed by atoms with Crippen LogP contribution in [0.5, 0.6) is 0 Å². The lowest BCUT2D eigenvalue weighted by Gasteiger charge is -2.14. The maximum atomic E-state index is 12.0. The van der Waals surface area contributed by atoms with E-state index in [1.165, 1.54) is 10.5 Å². The second-order valence-corrected chi connectivity index (χ2v) is 7.00. The van der Waals surface area contributed by atoms with Crippen LogP contribution >= 0.6 is 11.8 Å². The summed E-state index contributed by atoms with van der Waals surface area (Å²) in [6.07, 6.45) is 2.27. The molecule has 2 rings (SSSR count). The number of aryl methyl sites for hydroxylation is 1. The van der Waals surface area contributed by atoms with Crippen molar-refractivity contribution in [3.05, 3.63) is 35.9 Å². The molecule has 4 heteroatoms. The molecule has 1 fully saturated rings. The second kappa shape index (κ2) is 6.82. The van der Waals surface area contributed by atoms with Gasteiger partial charge in [-0.05, 0) is 37.6 Å². The first-order chi connectivity index (χ1) is 10.0. The number of amides is 2. The molecule has 1 aliphatic rings. The third kappa shape index (κ3) is 4.12. The highest BCUT2D eigenvalue weighted by Gasteiger charge is 2.45. The van der Waals surface area contributed by atoms with E-state index in [-0.39, 0.29) is 11.1 Å². The van der Waals surface area contributed by atoms with Gasteiger partial charge >= 0.3 is 0 Å². The van der Waals surface area contributed by atoms with Crippen molar-refractivity contribution in [2.75, 3.05) is 6.54 Å². The van der Waals surface area contributed by atoms with E-state index in [1.54, 1.807) is 13.8 Å². The molecule has 2 amide bonds.